The molecule has 0 aliphatic heterocycles. The second kappa shape index (κ2) is 6.92. The molecule has 0 saturated heterocycles. The highest BCUT2D eigenvalue weighted by Crippen LogP contribution is 2.21. The maximum absolute atomic E-state index is 9.60. The van der Waals surface area contributed by atoms with E-state index in [0.29, 0.717) is 6.42 Å². The third kappa shape index (κ3) is 4.54. The molecule has 1 aromatic heterocycles. The number of rotatable bonds is 6. The highest BCUT2D eigenvalue weighted by atomic mass is 32.2. The molecule has 1 atom stereocenters. The van der Waals surface area contributed by atoms with Gasteiger partial charge in [-0.05, 0) is 36.6 Å². The number of hydrogen-bond donors (Lipinski definition) is 1. The van der Waals surface area contributed by atoms with E-state index in [1.165, 1.54) is 11.3 Å². The van der Waals surface area contributed by atoms with Gasteiger partial charge in [0.2, 0.25) is 0 Å². The fourth-order valence-electron chi connectivity index (χ4n) is 1.30. The Morgan fingerprint density at radius 1 is 1.38 bits per heavy atom. The molecular formula is C13H21NOS. The topological polar surface area (TPSA) is 33.1 Å². The Hall–Kier alpha value is -0.540. The van der Waals surface area contributed by atoms with Crippen LogP contribution in [0.2, 0.25) is 0 Å². The van der Waals surface area contributed by atoms with E-state index < -0.39 is 6.10 Å². The Labute approximate surface area is 102 Å². The van der Waals surface area contributed by atoms with Crippen LogP contribution in [0, 0.1) is 5.92 Å². The standard InChI is InChI=1S/C13H21NOS/c1-4-13(15)12-6-5-11(9-14-12)16-8-7-10(2)3/h5-6,9-10,13,15H,4,7-8H2,1-3H3. The number of aromatic nitrogens is 1. The molecule has 1 N–H and O–H groups in total. The molecule has 0 bridgehead atoms. The molecule has 0 fully saturated rings. The fourth-order valence-corrected chi connectivity index (χ4v) is 2.41. The molecule has 0 aliphatic carbocycles. The summed E-state index contributed by atoms with van der Waals surface area (Å²) in [7, 11) is 0. The van der Waals surface area contributed by atoms with E-state index >= 15 is 0 Å². The lowest BCUT2D eigenvalue weighted by molar-refractivity contribution is 0.169. The summed E-state index contributed by atoms with van der Waals surface area (Å²) in [5.74, 6) is 1.89. The van der Waals surface area contributed by atoms with Gasteiger partial charge >= 0.3 is 0 Å². The number of pyridine rings is 1. The van der Waals surface area contributed by atoms with Crippen LogP contribution in [0.3, 0.4) is 0 Å². The van der Waals surface area contributed by atoms with E-state index in [9.17, 15) is 5.11 Å². The van der Waals surface area contributed by atoms with Gasteiger partial charge in [-0.2, -0.15) is 0 Å². The highest BCUT2D eigenvalue weighted by molar-refractivity contribution is 7.99. The maximum atomic E-state index is 9.60. The van der Waals surface area contributed by atoms with Crippen molar-refractivity contribution in [2.75, 3.05) is 5.75 Å². The van der Waals surface area contributed by atoms with Crippen LogP contribution in [0.15, 0.2) is 23.2 Å². The predicted molar refractivity (Wildman–Crippen MR) is 69.7 cm³/mol. The first-order chi connectivity index (χ1) is 7.63. The summed E-state index contributed by atoms with van der Waals surface area (Å²) in [4.78, 5) is 5.46. The molecule has 1 aromatic rings. The quantitative estimate of drug-likeness (QED) is 0.769. The Morgan fingerprint density at radius 3 is 2.62 bits per heavy atom. The minimum Gasteiger partial charge on any atom is -0.387 e. The Balaban J connectivity index is 2.45. The summed E-state index contributed by atoms with van der Waals surface area (Å²) in [6.07, 6.45) is 3.38. The van der Waals surface area contributed by atoms with Crippen molar-refractivity contribution in [2.24, 2.45) is 5.92 Å². The van der Waals surface area contributed by atoms with Crippen molar-refractivity contribution in [1.29, 1.82) is 0 Å². The van der Waals surface area contributed by atoms with E-state index in [1.807, 2.05) is 37.0 Å². The normalized spacial score (nSPS) is 13.1. The Bertz CT molecular complexity index is 297. The SMILES string of the molecule is CCC(O)c1ccc(SCCC(C)C)cn1. The molecule has 1 rings (SSSR count). The molecule has 0 spiro atoms. The predicted octanol–water partition coefficient (Wildman–Crippen LogP) is 3.66. The van der Waals surface area contributed by atoms with Crippen molar-refractivity contribution in [3.8, 4) is 0 Å². The third-order valence-corrected chi connectivity index (χ3v) is 3.47. The lowest BCUT2D eigenvalue weighted by Gasteiger charge is -2.08. The van der Waals surface area contributed by atoms with Gasteiger partial charge in [0, 0.05) is 11.1 Å². The summed E-state index contributed by atoms with van der Waals surface area (Å²) in [5.41, 5.74) is 0.774. The van der Waals surface area contributed by atoms with E-state index in [-0.39, 0.29) is 0 Å². The van der Waals surface area contributed by atoms with E-state index in [1.54, 1.807) is 0 Å². The van der Waals surface area contributed by atoms with Crippen LogP contribution < -0.4 is 0 Å². The van der Waals surface area contributed by atoms with Crippen molar-refractivity contribution in [3.05, 3.63) is 24.0 Å². The number of aliphatic hydroxyl groups excluding tert-OH is 1. The first kappa shape index (κ1) is 13.5. The second-order valence-electron chi connectivity index (χ2n) is 4.37. The molecule has 0 saturated carbocycles. The first-order valence-electron chi connectivity index (χ1n) is 5.90. The number of nitrogens with zero attached hydrogens (tertiary/aromatic N) is 1. The van der Waals surface area contributed by atoms with Crippen LogP contribution in [-0.2, 0) is 0 Å². The van der Waals surface area contributed by atoms with Crippen LogP contribution in [-0.4, -0.2) is 15.8 Å². The minimum atomic E-state index is -0.422. The number of hydrogen-bond acceptors (Lipinski definition) is 3. The van der Waals surface area contributed by atoms with Crippen LogP contribution >= 0.6 is 11.8 Å². The van der Waals surface area contributed by atoms with E-state index in [2.05, 4.69) is 18.8 Å². The van der Waals surface area contributed by atoms with Gasteiger partial charge in [0.05, 0.1) is 11.8 Å². The molecule has 1 unspecified atom stereocenters. The molecule has 0 aliphatic rings. The molecular weight excluding hydrogens is 218 g/mol. The summed E-state index contributed by atoms with van der Waals surface area (Å²) in [5, 5.41) is 9.60. The molecule has 1 heterocycles. The van der Waals surface area contributed by atoms with Crippen LogP contribution in [0.1, 0.15) is 45.4 Å². The zero-order chi connectivity index (χ0) is 12.0. The summed E-state index contributed by atoms with van der Waals surface area (Å²) in [6, 6.07) is 3.97. The van der Waals surface area contributed by atoms with Crippen molar-refractivity contribution >= 4 is 11.8 Å². The molecule has 2 nitrogen and oxygen atoms in total. The smallest absolute Gasteiger partial charge is 0.0957 e. The van der Waals surface area contributed by atoms with Gasteiger partial charge in [0.1, 0.15) is 0 Å². The fraction of sp³-hybridized carbons (Fsp3) is 0.615. The van der Waals surface area contributed by atoms with Gasteiger partial charge < -0.3 is 5.11 Å². The molecule has 0 aromatic carbocycles. The Kier molecular flexibility index (Phi) is 5.85. The van der Waals surface area contributed by atoms with Gasteiger partial charge in [-0.25, -0.2) is 0 Å². The molecule has 0 amide bonds. The van der Waals surface area contributed by atoms with Crippen LogP contribution in [0.25, 0.3) is 0 Å². The maximum Gasteiger partial charge on any atom is 0.0957 e. The summed E-state index contributed by atoms with van der Waals surface area (Å²) < 4.78 is 0. The molecule has 3 heteroatoms. The van der Waals surface area contributed by atoms with Crippen LogP contribution in [0.5, 0.6) is 0 Å². The van der Waals surface area contributed by atoms with Gasteiger partial charge in [-0.1, -0.05) is 20.8 Å². The van der Waals surface area contributed by atoms with Crippen molar-refractivity contribution < 1.29 is 5.11 Å². The second-order valence-corrected chi connectivity index (χ2v) is 5.54. The highest BCUT2D eigenvalue weighted by Gasteiger charge is 2.05. The van der Waals surface area contributed by atoms with Gasteiger partial charge in [0.25, 0.3) is 0 Å². The van der Waals surface area contributed by atoms with Crippen molar-refractivity contribution in [1.82, 2.24) is 4.98 Å². The lowest BCUT2D eigenvalue weighted by atomic mass is 10.2. The number of thioether (sulfide) groups is 1. The van der Waals surface area contributed by atoms with Crippen molar-refractivity contribution in [2.45, 2.75) is 44.6 Å². The van der Waals surface area contributed by atoms with Crippen molar-refractivity contribution in [3.63, 3.8) is 0 Å². The third-order valence-electron chi connectivity index (χ3n) is 2.45. The Morgan fingerprint density at radius 2 is 2.12 bits per heavy atom. The van der Waals surface area contributed by atoms with E-state index in [0.717, 1.165) is 17.4 Å². The number of aliphatic hydroxyl groups is 1. The van der Waals surface area contributed by atoms with Crippen LogP contribution in [0.4, 0.5) is 0 Å². The summed E-state index contributed by atoms with van der Waals surface area (Å²) in [6.45, 7) is 6.43. The zero-order valence-corrected chi connectivity index (χ0v) is 11.1. The lowest BCUT2D eigenvalue weighted by Crippen LogP contribution is -1.98. The summed E-state index contributed by atoms with van der Waals surface area (Å²) >= 11 is 1.83. The largest absolute Gasteiger partial charge is 0.387 e. The monoisotopic (exact) mass is 239 g/mol. The average Bonchev–Trinajstić information content (AvgIpc) is 2.28. The molecule has 0 radical (unpaired) electrons. The van der Waals surface area contributed by atoms with Gasteiger partial charge in [-0.15, -0.1) is 11.8 Å². The molecule has 16 heavy (non-hydrogen) atoms. The first-order valence-corrected chi connectivity index (χ1v) is 6.88. The zero-order valence-electron chi connectivity index (χ0n) is 10.3. The van der Waals surface area contributed by atoms with Gasteiger partial charge in [-0.3, -0.25) is 4.98 Å². The minimum absolute atomic E-state index is 0.422. The van der Waals surface area contributed by atoms with E-state index in [4.69, 9.17) is 0 Å². The molecule has 90 valence electrons. The van der Waals surface area contributed by atoms with Gasteiger partial charge in [0.15, 0.2) is 0 Å². The average molecular weight is 239 g/mol.